The summed E-state index contributed by atoms with van der Waals surface area (Å²) in [7, 11) is 0. The van der Waals surface area contributed by atoms with Crippen LogP contribution in [0, 0.1) is 5.82 Å². The molecule has 0 saturated heterocycles. The second-order valence-electron chi connectivity index (χ2n) is 9.69. The number of rotatable bonds is 7. The quantitative estimate of drug-likeness (QED) is 0.303. The van der Waals surface area contributed by atoms with Gasteiger partial charge in [-0.3, -0.25) is 9.59 Å². The van der Waals surface area contributed by atoms with E-state index in [1.807, 2.05) is 48.5 Å². The van der Waals surface area contributed by atoms with Crippen LogP contribution < -0.4 is 5.32 Å². The molecule has 0 spiro atoms. The number of hydrogen-bond acceptors (Lipinski definition) is 6. The van der Waals surface area contributed by atoms with Gasteiger partial charge in [-0.1, -0.05) is 77.9 Å². The molecule has 0 aromatic heterocycles. The van der Waals surface area contributed by atoms with E-state index < -0.39 is 42.2 Å². The molecule has 1 unspecified atom stereocenters. The summed E-state index contributed by atoms with van der Waals surface area (Å²) in [5, 5.41) is 3.05. The van der Waals surface area contributed by atoms with Crippen LogP contribution in [-0.4, -0.2) is 35.5 Å². The molecule has 0 radical (unpaired) electrons. The Labute approximate surface area is 234 Å². The number of nitrogens with zero attached hydrogens (tertiary/aromatic N) is 1. The summed E-state index contributed by atoms with van der Waals surface area (Å²) in [5.41, 5.74) is 4.89. The van der Waals surface area contributed by atoms with Crippen LogP contribution in [-0.2, 0) is 14.4 Å². The van der Waals surface area contributed by atoms with Crippen molar-refractivity contribution in [1.29, 1.82) is 0 Å². The van der Waals surface area contributed by atoms with Crippen molar-refractivity contribution in [2.45, 2.75) is 18.4 Å². The molecule has 1 N–H and O–H groups in total. The number of carbonyl (C=O) groups excluding carboxylic acids is 4. The van der Waals surface area contributed by atoms with E-state index in [4.69, 9.17) is 9.57 Å². The molecule has 1 heterocycles. The van der Waals surface area contributed by atoms with Crippen molar-refractivity contribution in [1.82, 2.24) is 10.4 Å². The van der Waals surface area contributed by atoms with Crippen LogP contribution in [0.25, 0.3) is 11.1 Å². The van der Waals surface area contributed by atoms with E-state index in [-0.39, 0.29) is 23.7 Å². The molecule has 41 heavy (non-hydrogen) atoms. The molecule has 0 saturated carbocycles. The molecule has 2 aliphatic rings. The fourth-order valence-electron chi connectivity index (χ4n) is 5.29. The number of ether oxygens (including phenoxy) is 1. The molecule has 0 fully saturated rings. The first-order valence-corrected chi connectivity index (χ1v) is 13.0. The van der Waals surface area contributed by atoms with Crippen LogP contribution in [0.3, 0.4) is 0 Å². The zero-order valence-corrected chi connectivity index (χ0v) is 21.6. The van der Waals surface area contributed by atoms with E-state index in [1.54, 1.807) is 12.1 Å². The first-order valence-electron chi connectivity index (χ1n) is 13.0. The first kappa shape index (κ1) is 25.9. The molecular weight excluding hydrogens is 527 g/mol. The van der Waals surface area contributed by atoms with Gasteiger partial charge in [0.2, 0.25) is 0 Å². The Kier molecular flexibility index (Phi) is 6.76. The number of fused-ring (bicyclic) bond motifs is 4. The summed E-state index contributed by atoms with van der Waals surface area (Å²) in [6, 6.07) is 26.2. The maximum atomic E-state index is 13.6. The molecule has 1 atom stereocenters. The normalized spacial score (nSPS) is 14.2. The number of halogens is 1. The second-order valence-corrected chi connectivity index (χ2v) is 9.69. The zero-order valence-electron chi connectivity index (χ0n) is 21.6. The van der Waals surface area contributed by atoms with Gasteiger partial charge < -0.3 is 14.9 Å². The van der Waals surface area contributed by atoms with Gasteiger partial charge in [-0.05, 0) is 52.1 Å². The van der Waals surface area contributed by atoms with Crippen molar-refractivity contribution < 1.29 is 33.1 Å². The number of amides is 3. The summed E-state index contributed by atoms with van der Waals surface area (Å²) in [5.74, 6) is -3.14. The molecule has 0 bridgehead atoms. The lowest BCUT2D eigenvalue weighted by Crippen LogP contribution is -2.36. The Bertz CT molecular complexity index is 1610. The molecule has 6 rings (SSSR count). The van der Waals surface area contributed by atoms with Gasteiger partial charge in [-0.25, -0.2) is 14.0 Å². The molecule has 1 aliphatic heterocycles. The molecule has 8 nitrogen and oxygen atoms in total. The number of hydrogen-bond donors (Lipinski definition) is 1. The largest absolute Gasteiger partial charge is 0.449 e. The topological polar surface area (TPSA) is 102 Å². The second kappa shape index (κ2) is 10.7. The first-order chi connectivity index (χ1) is 19.9. The van der Waals surface area contributed by atoms with Gasteiger partial charge in [0, 0.05) is 5.92 Å². The fourth-order valence-corrected chi connectivity index (χ4v) is 5.29. The van der Waals surface area contributed by atoms with E-state index in [1.165, 1.54) is 36.4 Å². The van der Waals surface area contributed by atoms with Gasteiger partial charge in [-0.2, -0.15) is 0 Å². The highest BCUT2D eigenvalue weighted by Crippen LogP contribution is 2.44. The maximum Gasteiger partial charge on any atom is 0.407 e. The number of benzene rings is 4. The van der Waals surface area contributed by atoms with Gasteiger partial charge in [0.15, 0.2) is 0 Å². The Morgan fingerprint density at radius 3 is 1.83 bits per heavy atom. The molecule has 9 heteroatoms. The third-order valence-electron chi connectivity index (χ3n) is 7.23. The predicted molar refractivity (Wildman–Crippen MR) is 145 cm³/mol. The predicted octanol–water partition coefficient (Wildman–Crippen LogP) is 5.55. The lowest BCUT2D eigenvalue weighted by Gasteiger charge is -2.21. The zero-order chi connectivity index (χ0) is 28.5. The third kappa shape index (κ3) is 4.93. The lowest BCUT2D eigenvalue weighted by atomic mass is 9.98. The molecular formula is C32H23FN2O6. The minimum absolute atomic E-state index is 0.0511. The summed E-state index contributed by atoms with van der Waals surface area (Å²) in [6.07, 6.45) is -1.25. The van der Waals surface area contributed by atoms with E-state index in [9.17, 15) is 23.6 Å². The maximum absolute atomic E-state index is 13.6. The minimum atomic E-state index is -0.992. The Morgan fingerprint density at radius 2 is 1.27 bits per heavy atom. The lowest BCUT2D eigenvalue weighted by molar-refractivity contribution is -0.169. The summed E-state index contributed by atoms with van der Waals surface area (Å²) >= 11 is 0. The SMILES string of the molecule is O=C(CC(NC(=O)OCC1c2ccccc2-c2ccccc21)c1ccc(F)cc1)ON1C(=O)c2ccccc2C1=O. The van der Waals surface area contributed by atoms with E-state index in [0.29, 0.717) is 10.6 Å². The Balaban J connectivity index is 1.15. The molecule has 3 amide bonds. The van der Waals surface area contributed by atoms with Crippen molar-refractivity contribution in [3.8, 4) is 11.1 Å². The van der Waals surface area contributed by atoms with Crippen LogP contribution in [0.1, 0.15) is 55.8 Å². The average molecular weight is 551 g/mol. The monoisotopic (exact) mass is 550 g/mol. The molecule has 4 aromatic carbocycles. The molecule has 1 aliphatic carbocycles. The fraction of sp³-hybridized carbons (Fsp3) is 0.125. The van der Waals surface area contributed by atoms with Gasteiger partial charge in [0.25, 0.3) is 11.8 Å². The van der Waals surface area contributed by atoms with Crippen molar-refractivity contribution in [3.05, 3.63) is 131 Å². The van der Waals surface area contributed by atoms with Crippen LogP contribution in [0.4, 0.5) is 9.18 Å². The van der Waals surface area contributed by atoms with Crippen LogP contribution >= 0.6 is 0 Å². The van der Waals surface area contributed by atoms with Crippen molar-refractivity contribution in [2.24, 2.45) is 0 Å². The summed E-state index contributed by atoms with van der Waals surface area (Å²) < 4.78 is 19.2. The third-order valence-corrected chi connectivity index (χ3v) is 7.23. The van der Waals surface area contributed by atoms with Gasteiger partial charge in [-0.15, -0.1) is 0 Å². The Morgan fingerprint density at radius 1 is 0.756 bits per heavy atom. The van der Waals surface area contributed by atoms with Gasteiger partial charge in [0.05, 0.1) is 23.6 Å². The van der Waals surface area contributed by atoms with Crippen LogP contribution in [0.5, 0.6) is 0 Å². The average Bonchev–Trinajstić information content (AvgIpc) is 3.43. The van der Waals surface area contributed by atoms with Gasteiger partial charge >= 0.3 is 12.1 Å². The summed E-state index contributed by atoms with van der Waals surface area (Å²) in [4.78, 5) is 56.2. The van der Waals surface area contributed by atoms with Gasteiger partial charge in [0.1, 0.15) is 12.4 Å². The van der Waals surface area contributed by atoms with Crippen LogP contribution in [0.2, 0.25) is 0 Å². The van der Waals surface area contributed by atoms with E-state index in [2.05, 4.69) is 5.32 Å². The number of imide groups is 1. The number of hydroxylamine groups is 2. The number of alkyl carbamates (subject to hydrolysis) is 1. The van der Waals surface area contributed by atoms with Crippen molar-refractivity contribution in [3.63, 3.8) is 0 Å². The number of carbonyl (C=O) groups is 4. The van der Waals surface area contributed by atoms with Crippen molar-refractivity contribution >= 4 is 23.9 Å². The minimum Gasteiger partial charge on any atom is -0.449 e. The smallest absolute Gasteiger partial charge is 0.407 e. The molecule has 4 aromatic rings. The highest BCUT2D eigenvalue weighted by Gasteiger charge is 2.39. The highest BCUT2D eigenvalue weighted by atomic mass is 19.1. The summed E-state index contributed by atoms with van der Waals surface area (Å²) in [6.45, 7) is 0.0511. The number of nitrogens with one attached hydrogen (secondary N) is 1. The molecule has 204 valence electrons. The van der Waals surface area contributed by atoms with Crippen LogP contribution in [0.15, 0.2) is 97.1 Å². The highest BCUT2D eigenvalue weighted by molar-refractivity contribution is 6.20. The van der Waals surface area contributed by atoms with E-state index >= 15 is 0 Å². The Hall–Kier alpha value is -5.31. The van der Waals surface area contributed by atoms with Crippen molar-refractivity contribution in [2.75, 3.05) is 6.61 Å². The van der Waals surface area contributed by atoms with E-state index in [0.717, 1.165) is 22.3 Å². The standard InChI is InChI=1S/C32H23FN2O6/c33-20-15-13-19(14-16-20)28(17-29(36)41-35-30(37)25-11-5-6-12-26(25)31(35)38)34-32(39)40-18-27-23-9-3-1-7-21(23)22-8-2-4-10-24(22)27/h1-16,27-28H,17-18H2,(H,34,39).